The molecule has 0 radical (unpaired) electrons. The number of nitrogens with zero attached hydrogens (tertiary/aromatic N) is 4. The molecule has 2 heterocycles. The summed E-state index contributed by atoms with van der Waals surface area (Å²) in [5, 5.41) is 6.89. The highest BCUT2D eigenvalue weighted by molar-refractivity contribution is 8.14. The van der Waals surface area contributed by atoms with Crippen LogP contribution in [-0.4, -0.2) is 41.7 Å². The third kappa shape index (κ3) is 5.73. The van der Waals surface area contributed by atoms with E-state index in [4.69, 9.17) is 9.26 Å². The van der Waals surface area contributed by atoms with Gasteiger partial charge in [-0.3, -0.25) is 24.3 Å². The molecule has 0 saturated heterocycles. The van der Waals surface area contributed by atoms with Crippen molar-refractivity contribution < 1.29 is 23.5 Å². The van der Waals surface area contributed by atoms with Crippen LogP contribution in [-0.2, 0) is 20.9 Å². The van der Waals surface area contributed by atoms with Gasteiger partial charge in [-0.2, -0.15) is 0 Å². The number of methoxy groups -OCH3 is 1. The molecule has 33 heavy (non-hydrogen) atoms. The van der Waals surface area contributed by atoms with E-state index in [1.807, 2.05) is 60.7 Å². The molecule has 9 nitrogen and oxygen atoms in total. The molecule has 0 spiro atoms. The number of hydrogen-bond donors (Lipinski definition) is 1. The highest BCUT2D eigenvalue weighted by atomic mass is 32.2. The van der Waals surface area contributed by atoms with Gasteiger partial charge in [-0.15, -0.1) is 0 Å². The predicted molar refractivity (Wildman–Crippen MR) is 125 cm³/mol. The third-order valence-corrected chi connectivity index (χ3v) is 5.52. The maximum atomic E-state index is 13.1. The van der Waals surface area contributed by atoms with Gasteiger partial charge in [0.1, 0.15) is 12.3 Å². The van der Waals surface area contributed by atoms with E-state index in [0.29, 0.717) is 29.7 Å². The van der Waals surface area contributed by atoms with Gasteiger partial charge in [0, 0.05) is 7.11 Å². The summed E-state index contributed by atoms with van der Waals surface area (Å²) in [6.45, 7) is 0.981. The average molecular weight is 465 g/mol. The molecule has 1 aliphatic rings. The molecule has 4 rings (SSSR count). The number of carbonyl (C=O) groups is 2. The summed E-state index contributed by atoms with van der Waals surface area (Å²) < 4.78 is 11.6. The molecule has 2 aromatic carbocycles. The molecule has 168 valence electrons. The van der Waals surface area contributed by atoms with Crippen molar-refractivity contribution in [2.24, 2.45) is 4.99 Å². The number of carbonyl (C=O) groups excluding carboxylic acids is 2. The Morgan fingerprint density at radius 2 is 1.91 bits per heavy atom. The molecule has 0 saturated carbocycles. The number of ether oxygens (including phenoxy) is 1. The number of amidine groups is 1. The van der Waals surface area contributed by atoms with E-state index < -0.39 is 0 Å². The number of aromatic nitrogens is 2. The van der Waals surface area contributed by atoms with Gasteiger partial charge in [-0.05, 0) is 28.5 Å². The van der Waals surface area contributed by atoms with Crippen LogP contribution in [0.25, 0.3) is 6.08 Å². The number of para-hydroxylation sites is 1. The molecule has 0 aliphatic carbocycles. The fraction of sp³-hybridized carbons (Fsp3) is 0.174. The molecule has 1 N–H and O–H groups in total. The summed E-state index contributed by atoms with van der Waals surface area (Å²) in [6, 6.07) is 18.7. The second kappa shape index (κ2) is 10.7. The number of anilines is 2. The second-order valence-corrected chi connectivity index (χ2v) is 7.91. The van der Waals surface area contributed by atoms with Crippen molar-refractivity contribution in [3.05, 3.63) is 78.1 Å². The lowest BCUT2D eigenvalue weighted by Crippen LogP contribution is -2.36. The van der Waals surface area contributed by atoms with Crippen molar-refractivity contribution in [3.63, 3.8) is 0 Å². The smallest absolute Gasteiger partial charge is 0.302 e. The van der Waals surface area contributed by atoms with Crippen LogP contribution in [0.15, 0.2) is 82.1 Å². The first kappa shape index (κ1) is 22.4. The van der Waals surface area contributed by atoms with E-state index in [9.17, 15) is 9.59 Å². The van der Waals surface area contributed by atoms with Crippen LogP contribution < -0.4 is 14.9 Å². The van der Waals surface area contributed by atoms with Gasteiger partial charge in [0.25, 0.3) is 12.1 Å². The molecule has 10 heteroatoms. The molecule has 1 aromatic heterocycles. The molecular weight excluding hydrogens is 442 g/mol. The van der Waals surface area contributed by atoms with Crippen molar-refractivity contribution in [2.75, 3.05) is 29.7 Å². The molecule has 0 atom stereocenters. The van der Waals surface area contributed by atoms with E-state index in [1.165, 1.54) is 21.3 Å². The van der Waals surface area contributed by atoms with E-state index in [2.05, 4.69) is 15.6 Å². The number of rotatable bonds is 8. The first-order valence-corrected chi connectivity index (χ1v) is 11.2. The highest BCUT2D eigenvalue weighted by Gasteiger charge is 2.32. The topological polar surface area (TPSA) is 101 Å². The summed E-state index contributed by atoms with van der Waals surface area (Å²) in [5.74, 6) is -0.292. The standard InChI is InChI=1S/C23H21N5O4S/c1-31-13-12-27-15-21(32-26-27)25-20(29)16-33-23-24-19(14-17-8-4-2-5-9-17)22(30)28(23)18-10-6-3-7-11-18/h2-11,14-15H,12-13,16H2,1H3/p+1/b19-14+. The van der Waals surface area contributed by atoms with E-state index in [-0.39, 0.29) is 23.5 Å². The summed E-state index contributed by atoms with van der Waals surface area (Å²) >= 11 is 1.17. The fourth-order valence-electron chi connectivity index (χ4n) is 3.03. The van der Waals surface area contributed by atoms with Crippen LogP contribution in [0.4, 0.5) is 11.6 Å². The van der Waals surface area contributed by atoms with Gasteiger partial charge in [-0.25, -0.2) is 4.99 Å². The number of benzene rings is 2. The van der Waals surface area contributed by atoms with Crippen molar-refractivity contribution in [1.82, 2.24) is 5.27 Å². The Morgan fingerprint density at radius 1 is 1.18 bits per heavy atom. The maximum Gasteiger partial charge on any atom is 0.302 e. The monoisotopic (exact) mass is 464 g/mol. The fourth-order valence-corrected chi connectivity index (χ4v) is 3.85. The summed E-state index contributed by atoms with van der Waals surface area (Å²) in [7, 11) is 1.59. The van der Waals surface area contributed by atoms with E-state index in [0.717, 1.165) is 5.56 Å². The Labute approximate surface area is 194 Å². The Kier molecular flexibility index (Phi) is 7.28. The predicted octanol–water partition coefficient (Wildman–Crippen LogP) is 2.72. The van der Waals surface area contributed by atoms with Gasteiger partial charge >= 0.3 is 5.88 Å². The van der Waals surface area contributed by atoms with Gasteiger partial charge in [0.15, 0.2) is 5.17 Å². The molecule has 2 amide bonds. The lowest BCUT2D eigenvalue weighted by atomic mass is 10.2. The zero-order chi connectivity index (χ0) is 23.0. The number of hydrogen-bond acceptors (Lipinski definition) is 7. The zero-order valence-electron chi connectivity index (χ0n) is 17.9. The summed E-state index contributed by atoms with van der Waals surface area (Å²) in [5.41, 5.74) is 1.86. The molecule has 0 fully saturated rings. The highest BCUT2D eigenvalue weighted by Crippen LogP contribution is 2.29. The second-order valence-electron chi connectivity index (χ2n) is 6.97. The van der Waals surface area contributed by atoms with E-state index >= 15 is 0 Å². The Balaban J connectivity index is 1.47. The number of thioether (sulfide) groups is 1. The Bertz CT molecular complexity index is 1180. The SMILES string of the molecule is COCC[n+]1cc(NC(=O)CSC2=N/C(=C/c3ccccc3)C(=O)N2c2ccccc2)on1. The largest absolute Gasteiger partial charge is 0.378 e. The van der Waals surface area contributed by atoms with Gasteiger partial charge in [-0.1, -0.05) is 60.3 Å². The first-order chi connectivity index (χ1) is 16.1. The van der Waals surface area contributed by atoms with Gasteiger partial charge in [0.05, 0.1) is 11.4 Å². The lowest BCUT2D eigenvalue weighted by Gasteiger charge is -2.17. The normalized spacial score (nSPS) is 14.6. The molecule has 0 bridgehead atoms. The minimum Gasteiger partial charge on any atom is -0.378 e. The maximum absolute atomic E-state index is 13.1. The number of nitrogens with one attached hydrogen (secondary N) is 1. The quantitative estimate of drug-likeness (QED) is 0.406. The lowest BCUT2D eigenvalue weighted by molar-refractivity contribution is -0.763. The van der Waals surface area contributed by atoms with Crippen LogP contribution >= 0.6 is 11.8 Å². The summed E-state index contributed by atoms with van der Waals surface area (Å²) in [4.78, 5) is 31.6. The average Bonchev–Trinajstić information content (AvgIpc) is 3.41. The first-order valence-electron chi connectivity index (χ1n) is 10.2. The zero-order valence-corrected chi connectivity index (χ0v) is 18.7. The van der Waals surface area contributed by atoms with Crippen LogP contribution in [0.5, 0.6) is 0 Å². The van der Waals surface area contributed by atoms with Crippen molar-refractivity contribution in [1.29, 1.82) is 0 Å². The Hall–Kier alpha value is -3.76. The van der Waals surface area contributed by atoms with E-state index in [1.54, 1.807) is 19.4 Å². The van der Waals surface area contributed by atoms with Gasteiger partial charge in [0.2, 0.25) is 17.7 Å². The molecule has 0 unspecified atom stereocenters. The van der Waals surface area contributed by atoms with Crippen LogP contribution in [0.2, 0.25) is 0 Å². The minimum absolute atomic E-state index is 0.0346. The number of aliphatic imine (C=N–C) groups is 1. The third-order valence-electron chi connectivity index (χ3n) is 4.58. The van der Waals surface area contributed by atoms with Crippen molar-refractivity contribution >= 4 is 46.4 Å². The van der Waals surface area contributed by atoms with Crippen LogP contribution in [0.3, 0.4) is 0 Å². The van der Waals surface area contributed by atoms with Crippen LogP contribution in [0, 0.1) is 0 Å². The van der Waals surface area contributed by atoms with Crippen molar-refractivity contribution in [3.8, 4) is 0 Å². The molecule has 1 aliphatic heterocycles. The molecule has 3 aromatic rings. The Morgan fingerprint density at radius 3 is 2.64 bits per heavy atom. The molecular formula is C23H22N5O4S+. The number of amides is 2. The van der Waals surface area contributed by atoms with Crippen LogP contribution in [0.1, 0.15) is 5.56 Å². The minimum atomic E-state index is -0.307. The van der Waals surface area contributed by atoms with Crippen molar-refractivity contribution in [2.45, 2.75) is 6.54 Å². The summed E-state index contributed by atoms with van der Waals surface area (Å²) in [6.07, 6.45) is 3.31. The van der Waals surface area contributed by atoms with Gasteiger partial charge < -0.3 is 4.74 Å².